The van der Waals surface area contributed by atoms with Crippen molar-refractivity contribution in [1.82, 2.24) is 20.3 Å². The average molecular weight is 438 g/mol. The maximum absolute atomic E-state index is 12.6. The number of carbonyl (C=O) groups excluding carboxylic acids is 1. The van der Waals surface area contributed by atoms with Gasteiger partial charge < -0.3 is 27.0 Å². The highest BCUT2D eigenvalue weighted by Crippen LogP contribution is 2.18. The Bertz CT molecular complexity index is 875. The van der Waals surface area contributed by atoms with Crippen LogP contribution in [0.1, 0.15) is 30.4 Å². The number of amides is 1. The Balaban J connectivity index is 1.75. The molecule has 6 N–H and O–H groups in total. The van der Waals surface area contributed by atoms with Crippen LogP contribution in [0.15, 0.2) is 24.3 Å². The lowest BCUT2D eigenvalue weighted by Crippen LogP contribution is -2.38. The molecule has 1 fully saturated rings. The summed E-state index contributed by atoms with van der Waals surface area (Å²) < 4.78 is 37.8. The summed E-state index contributed by atoms with van der Waals surface area (Å²) in [5, 5.41) is 10.8. The van der Waals surface area contributed by atoms with Crippen LogP contribution in [0.2, 0.25) is 0 Å². The van der Waals surface area contributed by atoms with Crippen LogP contribution in [-0.4, -0.2) is 46.2 Å². The molecule has 1 aliphatic heterocycles. The minimum Gasteiger partial charge on any atom is -0.354 e. The van der Waals surface area contributed by atoms with Crippen LogP contribution in [0.4, 0.5) is 31.0 Å². The Hall–Kier alpha value is -3.15. The Morgan fingerprint density at radius 2 is 1.65 bits per heavy atom. The number of anilines is 3. The standard InChI is InChI=1S/C19H25F3N8O/c20-19(21,22)11-26-17-28-16(25-10-13-6-4-12(9-23)5-7-13)29-18(30-17)27-14-3-1-2-8-24-15(14)31/h4-7,14H,1-3,8-11,23H2,(H,24,31)(H3,25,26,27,28,29,30). The van der Waals surface area contributed by atoms with Gasteiger partial charge in [-0.1, -0.05) is 24.3 Å². The van der Waals surface area contributed by atoms with Gasteiger partial charge in [0, 0.05) is 19.6 Å². The molecule has 1 aromatic carbocycles. The average Bonchev–Trinajstić information content (AvgIpc) is 2.95. The number of nitrogens with two attached hydrogens (primary N) is 1. The summed E-state index contributed by atoms with van der Waals surface area (Å²) in [6, 6.07) is 6.97. The third kappa shape index (κ3) is 7.24. The molecule has 1 unspecified atom stereocenters. The summed E-state index contributed by atoms with van der Waals surface area (Å²) in [5.74, 6) is -0.344. The van der Waals surface area contributed by atoms with Crippen molar-refractivity contribution in [3.05, 3.63) is 35.4 Å². The Morgan fingerprint density at radius 1 is 1.00 bits per heavy atom. The second-order valence-electron chi connectivity index (χ2n) is 7.13. The summed E-state index contributed by atoms with van der Waals surface area (Å²) in [5.41, 5.74) is 7.49. The Kier molecular flexibility index (Phi) is 7.45. The number of aromatic nitrogens is 3. The molecule has 0 aliphatic carbocycles. The lowest BCUT2D eigenvalue weighted by atomic mass is 10.1. The first kappa shape index (κ1) is 22.5. The van der Waals surface area contributed by atoms with Crippen molar-refractivity contribution >= 4 is 23.8 Å². The predicted molar refractivity (Wildman–Crippen MR) is 110 cm³/mol. The second-order valence-corrected chi connectivity index (χ2v) is 7.13. The molecule has 12 heteroatoms. The molecular weight excluding hydrogens is 413 g/mol. The number of halogens is 3. The molecular formula is C19H25F3N8O. The molecule has 0 spiro atoms. The molecule has 2 heterocycles. The zero-order valence-electron chi connectivity index (χ0n) is 16.8. The van der Waals surface area contributed by atoms with Gasteiger partial charge in [0.2, 0.25) is 23.8 Å². The van der Waals surface area contributed by atoms with Crippen molar-refractivity contribution < 1.29 is 18.0 Å². The largest absolute Gasteiger partial charge is 0.405 e. The van der Waals surface area contributed by atoms with E-state index in [-0.39, 0.29) is 23.8 Å². The molecule has 168 valence electrons. The molecule has 0 radical (unpaired) electrons. The van der Waals surface area contributed by atoms with Gasteiger partial charge in [-0.3, -0.25) is 4.79 Å². The topological polar surface area (TPSA) is 130 Å². The van der Waals surface area contributed by atoms with E-state index in [1.54, 1.807) is 0 Å². The van der Waals surface area contributed by atoms with Crippen LogP contribution in [0.3, 0.4) is 0 Å². The molecule has 0 saturated carbocycles. The number of nitrogens with one attached hydrogen (secondary N) is 4. The third-order valence-corrected chi connectivity index (χ3v) is 4.63. The number of carbonyl (C=O) groups is 1. The molecule has 3 rings (SSSR count). The summed E-state index contributed by atoms with van der Waals surface area (Å²) in [7, 11) is 0. The molecule has 9 nitrogen and oxygen atoms in total. The minimum absolute atomic E-state index is 0.0164. The van der Waals surface area contributed by atoms with Gasteiger partial charge in [0.15, 0.2) is 0 Å². The molecule has 1 aliphatic rings. The molecule has 1 saturated heterocycles. The van der Waals surface area contributed by atoms with Gasteiger partial charge >= 0.3 is 6.18 Å². The van der Waals surface area contributed by atoms with E-state index in [4.69, 9.17) is 5.73 Å². The van der Waals surface area contributed by atoms with E-state index in [0.717, 1.165) is 24.0 Å². The Labute approximate surface area is 177 Å². The fourth-order valence-electron chi connectivity index (χ4n) is 2.99. The van der Waals surface area contributed by atoms with E-state index in [1.165, 1.54) is 0 Å². The molecule has 0 bridgehead atoms. The highest BCUT2D eigenvalue weighted by Gasteiger charge is 2.27. The maximum atomic E-state index is 12.6. The van der Waals surface area contributed by atoms with Crippen molar-refractivity contribution in [2.24, 2.45) is 5.73 Å². The summed E-state index contributed by atoms with van der Waals surface area (Å²) >= 11 is 0. The zero-order chi connectivity index (χ0) is 22.3. The second kappa shape index (κ2) is 10.2. The van der Waals surface area contributed by atoms with Crippen molar-refractivity contribution in [3.8, 4) is 0 Å². The fraction of sp³-hybridized carbons (Fsp3) is 0.474. The molecule has 1 amide bonds. The van der Waals surface area contributed by atoms with E-state index in [0.29, 0.717) is 26.1 Å². The van der Waals surface area contributed by atoms with Crippen LogP contribution < -0.4 is 27.0 Å². The highest BCUT2D eigenvalue weighted by atomic mass is 19.4. The van der Waals surface area contributed by atoms with Crippen molar-refractivity contribution in [3.63, 3.8) is 0 Å². The van der Waals surface area contributed by atoms with Gasteiger partial charge in [-0.15, -0.1) is 0 Å². The Morgan fingerprint density at radius 3 is 2.32 bits per heavy atom. The lowest BCUT2D eigenvalue weighted by Gasteiger charge is -2.17. The van der Waals surface area contributed by atoms with Gasteiger partial charge in [0.05, 0.1) is 0 Å². The van der Waals surface area contributed by atoms with Gasteiger partial charge in [0.1, 0.15) is 12.6 Å². The van der Waals surface area contributed by atoms with Crippen LogP contribution in [0.5, 0.6) is 0 Å². The highest BCUT2D eigenvalue weighted by molar-refractivity contribution is 5.84. The van der Waals surface area contributed by atoms with Crippen molar-refractivity contribution in [2.45, 2.75) is 44.6 Å². The minimum atomic E-state index is -4.43. The number of hydrogen-bond acceptors (Lipinski definition) is 8. The van der Waals surface area contributed by atoms with E-state index in [1.807, 2.05) is 24.3 Å². The fourth-order valence-corrected chi connectivity index (χ4v) is 2.99. The maximum Gasteiger partial charge on any atom is 0.405 e. The van der Waals surface area contributed by atoms with Crippen LogP contribution in [-0.2, 0) is 17.9 Å². The summed E-state index contributed by atoms with van der Waals surface area (Å²) in [6.45, 7) is 0.0683. The first-order valence-corrected chi connectivity index (χ1v) is 9.95. The van der Waals surface area contributed by atoms with E-state index < -0.39 is 18.8 Å². The molecule has 2 aromatic rings. The number of alkyl halides is 3. The summed E-state index contributed by atoms with van der Waals surface area (Å²) in [4.78, 5) is 24.4. The molecule has 31 heavy (non-hydrogen) atoms. The number of rotatable bonds is 8. The van der Waals surface area contributed by atoms with Gasteiger partial charge in [-0.05, 0) is 30.4 Å². The van der Waals surface area contributed by atoms with Crippen molar-refractivity contribution in [2.75, 3.05) is 29.0 Å². The van der Waals surface area contributed by atoms with Gasteiger partial charge in [-0.2, -0.15) is 28.1 Å². The van der Waals surface area contributed by atoms with Crippen LogP contribution >= 0.6 is 0 Å². The summed E-state index contributed by atoms with van der Waals surface area (Å²) in [6.07, 6.45) is -2.18. The first-order valence-electron chi connectivity index (χ1n) is 9.95. The van der Waals surface area contributed by atoms with Gasteiger partial charge in [0.25, 0.3) is 0 Å². The lowest BCUT2D eigenvalue weighted by molar-refractivity contribution is -0.121. The number of hydrogen-bond donors (Lipinski definition) is 5. The van der Waals surface area contributed by atoms with Crippen LogP contribution in [0, 0.1) is 0 Å². The number of benzene rings is 1. The number of nitrogens with zero attached hydrogens (tertiary/aromatic N) is 3. The monoisotopic (exact) mass is 438 g/mol. The third-order valence-electron chi connectivity index (χ3n) is 4.63. The molecule has 1 atom stereocenters. The van der Waals surface area contributed by atoms with Crippen LogP contribution in [0.25, 0.3) is 0 Å². The van der Waals surface area contributed by atoms with Crippen molar-refractivity contribution in [1.29, 1.82) is 0 Å². The molecule has 1 aromatic heterocycles. The SMILES string of the molecule is NCc1ccc(CNc2nc(NCC(F)(F)F)nc(NC3CCCCNC3=O)n2)cc1. The first-order chi connectivity index (χ1) is 14.8. The quantitative estimate of drug-likeness (QED) is 0.423. The van der Waals surface area contributed by atoms with E-state index >= 15 is 0 Å². The zero-order valence-corrected chi connectivity index (χ0v) is 16.8. The normalized spacial score (nSPS) is 16.9. The van der Waals surface area contributed by atoms with Gasteiger partial charge in [-0.25, -0.2) is 0 Å². The van der Waals surface area contributed by atoms with E-state index in [2.05, 4.69) is 36.2 Å². The predicted octanol–water partition coefficient (Wildman–Crippen LogP) is 2.00. The smallest absolute Gasteiger partial charge is 0.354 e. The van der Waals surface area contributed by atoms with E-state index in [9.17, 15) is 18.0 Å².